The highest BCUT2D eigenvalue weighted by Gasteiger charge is 2.11. The highest BCUT2D eigenvalue weighted by molar-refractivity contribution is 5.24. The van der Waals surface area contributed by atoms with Gasteiger partial charge in [-0.05, 0) is 30.5 Å². The molecular weight excluding hydrogens is 241 g/mol. The number of aliphatic hydroxyl groups excluding tert-OH is 1. The lowest BCUT2D eigenvalue weighted by atomic mass is 10.0. The SMILES string of the molecule is C=CCN(CC=C)CCC(O)c1ccc(C)c(F)c1. The zero-order chi connectivity index (χ0) is 14.3. The van der Waals surface area contributed by atoms with E-state index >= 15 is 0 Å². The van der Waals surface area contributed by atoms with Crippen molar-refractivity contribution in [1.82, 2.24) is 4.90 Å². The Morgan fingerprint density at radius 2 is 1.95 bits per heavy atom. The Balaban J connectivity index is 2.57. The average Bonchev–Trinajstić information content (AvgIpc) is 2.39. The number of nitrogens with zero attached hydrogens (tertiary/aromatic N) is 1. The van der Waals surface area contributed by atoms with Gasteiger partial charge >= 0.3 is 0 Å². The molecule has 0 amide bonds. The molecule has 104 valence electrons. The molecule has 0 spiro atoms. The number of hydrogen-bond acceptors (Lipinski definition) is 2. The molecule has 1 aromatic carbocycles. The Morgan fingerprint density at radius 1 is 1.32 bits per heavy atom. The summed E-state index contributed by atoms with van der Waals surface area (Å²) in [6, 6.07) is 4.87. The van der Waals surface area contributed by atoms with Crippen molar-refractivity contribution >= 4 is 0 Å². The van der Waals surface area contributed by atoms with E-state index in [4.69, 9.17) is 0 Å². The summed E-state index contributed by atoms with van der Waals surface area (Å²) in [7, 11) is 0. The first-order valence-electron chi connectivity index (χ1n) is 6.46. The lowest BCUT2D eigenvalue weighted by Crippen LogP contribution is -2.26. The van der Waals surface area contributed by atoms with Crippen LogP contribution in [-0.2, 0) is 0 Å². The normalized spacial score (nSPS) is 12.4. The molecule has 0 radical (unpaired) electrons. The van der Waals surface area contributed by atoms with Crippen LogP contribution >= 0.6 is 0 Å². The fourth-order valence-electron chi connectivity index (χ4n) is 1.91. The van der Waals surface area contributed by atoms with Gasteiger partial charge in [0.15, 0.2) is 0 Å². The predicted octanol–water partition coefficient (Wildman–Crippen LogP) is 3.23. The van der Waals surface area contributed by atoms with Crippen LogP contribution in [0.15, 0.2) is 43.5 Å². The molecule has 0 fully saturated rings. The fourth-order valence-corrected chi connectivity index (χ4v) is 1.91. The summed E-state index contributed by atoms with van der Waals surface area (Å²) in [5, 5.41) is 10.1. The van der Waals surface area contributed by atoms with Gasteiger partial charge in [0, 0.05) is 19.6 Å². The molecule has 1 atom stereocenters. The van der Waals surface area contributed by atoms with Gasteiger partial charge in [-0.3, -0.25) is 4.90 Å². The number of aryl methyl sites for hydroxylation is 1. The number of rotatable bonds is 8. The number of aliphatic hydroxyl groups is 1. The van der Waals surface area contributed by atoms with Gasteiger partial charge < -0.3 is 5.11 Å². The smallest absolute Gasteiger partial charge is 0.126 e. The summed E-state index contributed by atoms with van der Waals surface area (Å²) in [5.74, 6) is -0.273. The topological polar surface area (TPSA) is 23.5 Å². The maximum Gasteiger partial charge on any atom is 0.126 e. The summed E-state index contributed by atoms with van der Waals surface area (Å²) in [6.45, 7) is 11.3. The molecule has 1 unspecified atom stereocenters. The largest absolute Gasteiger partial charge is 0.388 e. The van der Waals surface area contributed by atoms with Crippen LogP contribution in [0.5, 0.6) is 0 Å². The maximum atomic E-state index is 13.4. The van der Waals surface area contributed by atoms with Gasteiger partial charge in [-0.25, -0.2) is 4.39 Å². The van der Waals surface area contributed by atoms with Crippen molar-refractivity contribution in [3.8, 4) is 0 Å². The highest BCUT2D eigenvalue weighted by Crippen LogP contribution is 2.19. The van der Waals surface area contributed by atoms with Gasteiger partial charge in [0.25, 0.3) is 0 Å². The Bertz CT molecular complexity index is 421. The molecule has 0 saturated heterocycles. The van der Waals surface area contributed by atoms with E-state index in [-0.39, 0.29) is 5.82 Å². The fraction of sp³-hybridized carbons (Fsp3) is 0.375. The van der Waals surface area contributed by atoms with Crippen LogP contribution in [0, 0.1) is 12.7 Å². The van der Waals surface area contributed by atoms with Crippen LogP contribution < -0.4 is 0 Å². The van der Waals surface area contributed by atoms with E-state index in [0.717, 1.165) is 13.1 Å². The second-order valence-corrected chi connectivity index (χ2v) is 4.65. The molecule has 0 aliphatic carbocycles. The van der Waals surface area contributed by atoms with Crippen LogP contribution in [0.3, 0.4) is 0 Å². The van der Waals surface area contributed by atoms with Crippen molar-refractivity contribution in [3.05, 3.63) is 60.5 Å². The van der Waals surface area contributed by atoms with E-state index < -0.39 is 6.10 Å². The Morgan fingerprint density at radius 3 is 2.47 bits per heavy atom. The molecule has 3 heteroatoms. The van der Waals surface area contributed by atoms with Gasteiger partial charge in [-0.15, -0.1) is 13.2 Å². The van der Waals surface area contributed by atoms with Crippen LogP contribution in [0.25, 0.3) is 0 Å². The molecule has 2 nitrogen and oxygen atoms in total. The van der Waals surface area contributed by atoms with Gasteiger partial charge in [-0.2, -0.15) is 0 Å². The summed E-state index contributed by atoms with van der Waals surface area (Å²) in [5.41, 5.74) is 1.22. The van der Waals surface area contributed by atoms with E-state index in [0.29, 0.717) is 24.1 Å². The first-order valence-corrected chi connectivity index (χ1v) is 6.46. The third-order valence-corrected chi connectivity index (χ3v) is 3.07. The lowest BCUT2D eigenvalue weighted by molar-refractivity contribution is 0.148. The van der Waals surface area contributed by atoms with Crippen molar-refractivity contribution in [2.24, 2.45) is 0 Å². The van der Waals surface area contributed by atoms with E-state index in [9.17, 15) is 9.50 Å². The summed E-state index contributed by atoms with van der Waals surface area (Å²) in [6.07, 6.45) is 3.56. The summed E-state index contributed by atoms with van der Waals surface area (Å²) >= 11 is 0. The summed E-state index contributed by atoms with van der Waals surface area (Å²) < 4.78 is 13.4. The molecule has 1 N–H and O–H groups in total. The quantitative estimate of drug-likeness (QED) is 0.728. The van der Waals surface area contributed by atoms with Crippen molar-refractivity contribution < 1.29 is 9.50 Å². The predicted molar refractivity (Wildman–Crippen MR) is 77.5 cm³/mol. The van der Waals surface area contributed by atoms with Crippen molar-refractivity contribution in [2.75, 3.05) is 19.6 Å². The van der Waals surface area contributed by atoms with Crippen LogP contribution in [0.2, 0.25) is 0 Å². The molecule has 0 aliphatic rings. The molecule has 0 aromatic heterocycles. The van der Waals surface area contributed by atoms with Crippen molar-refractivity contribution in [2.45, 2.75) is 19.4 Å². The Hall–Kier alpha value is -1.45. The molecule has 0 bridgehead atoms. The zero-order valence-corrected chi connectivity index (χ0v) is 11.5. The molecule has 0 saturated carbocycles. The molecule has 0 heterocycles. The van der Waals surface area contributed by atoms with E-state index in [2.05, 4.69) is 18.1 Å². The average molecular weight is 263 g/mol. The molecular formula is C16H22FNO. The minimum absolute atomic E-state index is 0.273. The van der Waals surface area contributed by atoms with Gasteiger partial charge in [0.2, 0.25) is 0 Å². The van der Waals surface area contributed by atoms with Crippen molar-refractivity contribution in [1.29, 1.82) is 0 Å². The van der Waals surface area contributed by atoms with Crippen molar-refractivity contribution in [3.63, 3.8) is 0 Å². The molecule has 0 aliphatic heterocycles. The monoisotopic (exact) mass is 263 g/mol. The second kappa shape index (κ2) is 7.87. The van der Waals surface area contributed by atoms with Crippen LogP contribution in [-0.4, -0.2) is 29.6 Å². The van der Waals surface area contributed by atoms with E-state index in [1.54, 1.807) is 19.1 Å². The lowest BCUT2D eigenvalue weighted by Gasteiger charge is -2.20. The van der Waals surface area contributed by atoms with E-state index in [1.807, 2.05) is 12.2 Å². The van der Waals surface area contributed by atoms with Crippen LogP contribution in [0.4, 0.5) is 4.39 Å². The third-order valence-electron chi connectivity index (χ3n) is 3.07. The van der Waals surface area contributed by atoms with Crippen LogP contribution in [0.1, 0.15) is 23.7 Å². The first kappa shape index (κ1) is 15.6. The Labute approximate surface area is 114 Å². The molecule has 1 aromatic rings. The number of benzene rings is 1. The number of hydrogen-bond donors (Lipinski definition) is 1. The maximum absolute atomic E-state index is 13.4. The minimum Gasteiger partial charge on any atom is -0.388 e. The molecule has 1 rings (SSSR count). The highest BCUT2D eigenvalue weighted by atomic mass is 19.1. The summed E-state index contributed by atoms with van der Waals surface area (Å²) in [4.78, 5) is 2.12. The van der Waals surface area contributed by atoms with Gasteiger partial charge in [0.1, 0.15) is 5.82 Å². The first-order chi connectivity index (χ1) is 9.08. The van der Waals surface area contributed by atoms with Gasteiger partial charge in [-0.1, -0.05) is 24.3 Å². The minimum atomic E-state index is -0.646. The molecule has 19 heavy (non-hydrogen) atoms. The standard InChI is InChI=1S/C16H22FNO/c1-4-9-18(10-5-2)11-8-16(19)14-7-6-13(3)15(17)12-14/h4-7,12,16,19H,1-2,8-11H2,3H3. The number of halogens is 1. The van der Waals surface area contributed by atoms with Gasteiger partial charge in [0.05, 0.1) is 6.10 Å². The third kappa shape index (κ3) is 4.97. The second-order valence-electron chi connectivity index (χ2n) is 4.65. The van der Waals surface area contributed by atoms with E-state index in [1.165, 1.54) is 6.07 Å². The Kier molecular flexibility index (Phi) is 6.46. The zero-order valence-electron chi connectivity index (χ0n) is 11.5.